The Labute approximate surface area is 113 Å². The number of nitrogens with zero attached hydrogens (tertiary/aromatic N) is 1. The van der Waals surface area contributed by atoms with Crippen LogP contribution in [0.25, 0.3) is 0 Å². The second kappa shape index (κ2) is 5.09. The Kier molecular flexibility index (Phi) is 3.82. The van der Waals surface area contributed by atoms with Crippen LogP contribution in [0.5, 0.6) is 0 Å². The van der Waals surface area contributed by atoms with Crippen LogP contribution in [0, 0.1) is 0 Å². The first kappa shape index (κ1) is 14.3. The molecule has 2 aliphatic rings. The number of aliphatic hydroxyl groups is 1. The molecule has 0 aromatic rings. The minimum atomic E-state index is -0.452. The first-order valence-corrected chi connectivity index (χ1v) is 6.79. The van der Waals surface area contributed by atoms with Gasteiger partial charge in [0.1, 0.15) is 0 Å². The Morgan fingerprint density at radius 1 is 1.47 bits per heavy atom. The predicted octanol–water partition coefficient (Wildman–Crippen LogP) is -0.775. The number of rotatable bonds is 2. The minimum absolute atomic E-state index is 0.0808. The van der Waals surface area contributed by atoms with Gasteiger partial charge in [-0.25, -0.2) is 0 Å². The van der Waals surface area contributed by atoms with E-state index in [0.717, 1.165) is 0 Å². The third-order valence-corrected chi connectivity index (χ3v) is 3.71. The van der Waals surface area contributed by atoms with Gasteiger partial charge >= 0.3 is 0 Å². The molecule has 2 heterocycles. The zero-order chi connectivity index (χ0) is 14.2. The zero-order valence-electron chi connectivity index (χ0n) is 11.8. The molecule has 2 rings (SSSR count). The number of hydrogen-bond acceptors (Lipinski definition) is 4. The maximum atomic E-state index is 12.0. The molecule has 2 aliphatic heterocycles. The minimum Gasteiger partial charge on any atom is -0.392 e. The summed E-state index contributed by atoms with van der Waals surface area (Å²) in [6.45, 7) is 6.98. The summed E-state index contributed by atoms with van der Waals surface area (Å²) in [7, 11) is 0. The second-order valence-electron chi connectivity index (χ2n) is 6.44. The van der Waals surface area contributed by atoms with Crippen molar-refractivity contribution in [1.82, 2.24) is 15.5 Å². The van der Waals surface area contributed by atoms with Crippen LogP contribution in [0.15, 0.2) is 0 Å². The van der Waals surface area contributed by atoms with Gasteiger partial charge in [-0.2, -0.15) is 0 Å². The number of β-amino-alcohol motifs (C(OH)–C–C–N with tert-alkyl or cyclic N) is 1. The number of hydrogen-bond donors (Lipinski definition) is 3. The lowest BCUT2D eigenvalue weighted by molar-refractivity contribution is -0.131. The van der Waals surface area contributed by atoms with Gasteiger partial charge in [0.2, 0.25) is 11.8 Å². The molecule has 0 saturated carbocycles. The largest absolute Gasteiger partial charge is 0.392 e. The van der Waals surface area contributed by atoms with Crippen molar-refractivity contribution in [1.29, 1.82) is 0 Å². The Morgan fingerprint density at radius 3 is 2.63 bits per heavy atom. The summed E-state index contributed by atoms with van der Waals surface area (Å²) in [6, 6.07) is -0.465. The second-order valence-corrected chi connectivity index (χ2v) is 6.44. The van der Waals surface area contributed by atoms with Crippen molar-refractivity contribution in [2.45, 2.75) is 57.3 Å². The van der Waals surface area contributed by atoms with Crippen molar-refractivity contribution >= 4 is 11.8 Å². The van der Waals surface area contributed by atoms with Gasteiger partial charge in [-0.3, -0.25) is 9.59 Å². The maximum Gasteiger partial charge on any atom is 0.237 e. The van der Waals surface area contributed by atoms with Gasteiger partial charge in [-0.05, 0) is 27.2 Å². The number of carbonyl (C=O) groups is 2. The molecule has 3 atom stereocenters. The van der Waals surface area contributed by atoms with E-state index < -0.39 is 6.10 Å². The highest BCUT2D eigenvalue weighted by Gasteiger charge is 2.38. The summed E-state index contributed by atoms with van der Waals surface area (Å²) < 4.78 is 0. The molecular weight excluding hydrogens is 246 g/mol. The van der Waals surface area contributed by atoms with Crippen LogP contribution < -0.4 is 10.6 Å². The third kappa shape index (κ3) is 3.25. The van der Waals surface area contributed by atoms with Gasteiger partial charge in [0.05, 0.1) is 18.2 Å². The smallest absolute Gasteiger partial charge is 0.237 e. The number of aliphatic hydroxyl groups excluding tert-OH is 1. The van der Waals surface area contributed by atoms with Crippen molar-refractivity contribution in [3.63, 3.8) is 0 Å². The van der Waals surface area contributed by atoms with Crippen LogP contribution in [0.3, 0.4) is 0 Å². The van der Waals surface area contributed by atoms with E-state index in [1.807, 2.05) is 20.8 Å². The summed E-state index contributed by atoms with van der Waals surface area (Å²) >= 11 is 0. The van der Waals surface area contributed by atoms with Gasteiger partial charge in [0.15, 0.2) is 0 Å². The van der Waals surface area contributed by atoms with Gasteiger partial charge in [-0.15, -0.1) is 0 Å². The molecule has 6 nitrogen and oxygen atoms in total. The average molecular weight is 269 g/mol. The van der Waals surface area contributed by atoms with Gasteiger partial charge < -0.3 is 20.6 Å². The van der Waals surface area contributed by atoms with Gasteiger partial charge in [-0.1, -0.05) is 0 Å². The molecule has 2 fully saturated rings. The lowest BCUT2D eigenvalue weighted by Gasteiger charge is -2.32. The van der Waals surface area contributed by atoms with E-state index in [1.54, 1.807) is 4.90 Å². The Bertz CT molecular complexity index is 378. The van der Waals surface area contributed by atoms with E-state index in [-0.39, 0.29) is 29.4 Å². The first-order valence-electron chi connectivity index (χ1n) is 6.79. The van der Waals surface area contributed by atoms with Crippen molar-refractivity contribution < 1.29 is 14.7 Å². The molecule has 0 unspecified atom stereocenters. The summed E-state index contributed by atoms with van der Waals surface area (Å²) in [5.74, 6) is -0.0395. The normalized spacial score (nSPS) is 31.9. The van der Waals surface area contributed by atoms with Gasteiger partial charge in [0, 0.05) is 25.0 Å². The van der Waals surface area contributed by atoms with Gasteiger partial charge in [0.25, 0.3) is 0 Å². The lowest BCUT2D eigenvalue weighted by Crippen LogP contribution is -2.48. The van der Waals surface area contributed by atoms with Crippen LogP contribution in [0.4, 0.5) is 0 Å². The number of likely N-dealkylation sites (tertiary alicyclic amines) is 1. The molecule has 108 valence electrons. The molecule has 6 heteroatoms. The molecule has 0 bridgehead atoms. The highest BCUT2D eigenvalue weighted by Crippen LogP contribution is 2.22. The first-order chi connectivity index (χ1) is 8.77. The fraction of sp³-hybridized carbons (Fsp3) is 0.846. The SMILES string of the molecule is CC(C)(C)N1C[C@H](NC(=O)[C@H]2C[C@H](O)CN2)CC1=O. The number of nitrogens with one attached hydrogen (secondary N) is 2. The van der Waals surface area contributed by atoms with Crippen molar-refractivity contribution in [2.24, 2.45) is 0 Å². The van der Waals surface area contributed by atoms with Crippen molar-refractivity contribution in [3.8, 4) is 0 Å². The molecule has 0 radical (unpaired) electrons. The highest BCUT2D eigenvalue weighted by molar-refractivity contribution is 5.85. The molecule has 0 aromatic carbocycles. The van der Waals surface area contributed by atoms with E-state index in [4.69, 9.17) is 0 Å². The molecular formula is C13H23N3O3. The molecule has 0 aromatic heterocycles. The summed E-state index contributed by atoms with van der Waals surface area (Å²) in [6.07, 6.45) is 0.348. The monoisotopic (exact) mass is 269 g/mol. The van der Waals surface area contributed by atoms with Crippen molar-refractivity contribution in [2.75, 3.05) is 13.1 Å². The fourth-order valence-electron chi connectivity index (χ4n) is 2.67. The Morgan fingerprint density at radius 2 is 2.16 bits per heavy atom. The molecule has 0 aliphatic carbocycles. The number of carbonyl (C=O) groups excluding carboxylic acids is 2. The van der Waals surface area contributed by atoms with Crippen LogP contribution >= 0.6 is 0 Å². The Balaban J connectivity index is 1.88. The molecule has 0 spiro atoms. The fourth-order valence-corrected chi connectivity index (χ4v) is 2.67. The standard InChI is InChI=1S/C13H23N3O3/c1-13(2,3)16-7-8(4-11(16)18)15-12(19)10-5-9(17)6-14-10/h8-10,14,17H,4-7H2,1-3H3,(H,15,19)/t8-,9+,10-/m1/s1. The average Bonchev–Trinajstić information content (AvgIpc) is 2.84. The summed E-state index contributed by atoms with van der Waals surface area (Å²) in [4.78, 5) is 25.7. The van der Waals surface area contributed by atoms with E-state index in [2.05, 4.69) is 10.6 Å². The third-order valence-electron chi connectivity index (χ3n) is 3.71. The maximum absolute atomic E-state index is 12.0. The van der Waals surface area contributed by atoms with Crippen LogP contribution in [0.2, 0.25) is 0 Å². The van der Waals surface area contributed by atoms with E-state index in [9.17, 15) is 14.7 Å². The van der Waals surface area contributed by atoms with E-state index in [1.165, 1.54) is 0 Å². The van der Waals surface area contributed by atoms with E-state index >= 15 is 0 Å². The van der Waals surface area contributed by atoms with Crippen molar-refractivity contribution in [3.05, 3.63) is 0 Å². The molecule has 2 saturated heterocycles. The highest BCUT2D eigenvalue weighted by atomic mass is 16.3. The van der Waals surface area contributed by atoms with Crippen LogP contribution in [-0.2, 0) is 9.59 Å². The Hall–Kier alpha value is -1.14. The zero-order valence-corrected chi connectivity index (χ0v) is 11.8. The topological polar surface area (TPSA) is 81.7 Å². The lowest BCUT2D eigenvalue weighted by atomic mass is 10.1. The summed E-state index contributed by atoms with van der Waals surface area (Å²) in [5.41, 5.74) is -0.210. The molecule has 2 amide bonds. The van der Waals surface area contributed by atoms with Crippen LogP contribution in [-0.4, -0.2) is 58.6 Å². The quantitative estimate of drug-likeness (QED) is 0.614. The molecule has 19 heavy (non-hydrogen) atoms. The molecule has 3 N–H and O–H groups in total. The number of amides is 2. The summed E-state index contributed by atoms with van der Waals surface area (Å²) in [5, 5.41) is 15.3. The van der Waals surface area contributed by atoms with E-state index in [0.29, 0.717) is 25.9 Å². The predicted molar refractivity (Wildman–Crippen MR) is 70.4 cm³/mol. The van der Waals surface area contributed by atoms with Crippen LogP contribution in [0.1, 0.15) is 33.6 Å².